The van der Waals surface area contributed by atoms with Gasteiger partial charge in [-0.15, -0.1) is 5.10 Å². The van der Waals surface area contributed by atoms with Crippen LogP contribution in [-0.4, -0.2) is 38.0 Å². The number of hydrogen-bond acceptors (Lipinski definition) is 6. The van der Waals surface area contributed by atoms with Gasteiger partial charge in [0.2, 0.25) is 11.1 Å². The van der Waals surface area contributed by atoms with Gasteiger partial charge in [0.05, 0.1) is 17.9 Å². The summed E-state index contributed by atoms with van der Waals surface area (Å²) in [5.41, 5.74) is 0.770. The summed E-state index contributed by atoms with van der Waals surface area (Å²) in [7, 11) is 0. The molecule has 0 saturated heterocycles. The van der Waals surface area contributed by atoms with Crippen LogP contribution in [0, 0.1) is 0 Å². The van der Waals surface area contributed by atoms with E-state index in [1.807, 2.05) is 28.9 Å². The molecule has 8 heteroatoms. The Bertz CT molecular complexity index is 723. The van der Waals surface area contributed by atoms with Crippen molar-refractivity contribution >= 4 is 23.4 Å². The normalized spacial score (nSPS) is 17.6. The number of ether oxygens (including phenoxy) is 1. The number of aromatic nitrogens is 4. The van der Waals surface area contributed by atoms with Gasteiger partial charge in [-0.25, -0.2) is 4.68 Å². The van der Waals surface area contributed by atoms with E-state index in [2.05, 4.69) is 20.8 Å². The van der Waals surface area contributed by atoms with E-state index in [1.165, 1.54) is 24.6 Å². The second-order valence-corrected chi connectivity index (χ2v) is 7.47. The highest BCUT2D eigenvalue weighted by Crippen LogP contribution is 2.36. The number of benzene rings is 1. The average molecular weight is 359 g/mol. The number of rotatable bonds is 7. The Hall–Kier alpha value is -2.09. The number of carbonyl (C=O) groups excluding carboxylic acids is 1. The summed E-state index contributed by atoms with van der Waals surface area (Å²) in [6, 6.07) is 7.99. The lowest BCUT2D eigenvalue weighted by molar-refractivity contribution is -0.113. The van der Waals surface area contributed by atoms with Gasteiger partial charge in [0.15, 0.2) is 0 Å². The molecule has 0 radical (unpaired) electrons. The molecule has 2 aromatic rings. The maximum atomic E-state index is 12.1. The summed E-state index contributed by atoms with van der Waals surface area (Å²) in [4.78, 5) is 12.1. The van der Waals surface area contributed by atoms with Crippen LogP contribution in [0.3, 0.4) is 0 Å². The van der Waals surface area contributed by atoms with E-state index in [-0.39, 0.29) is 11.7 Å². The lowest BCUT2D eigenvalue weighted by Crippen LogP contribution is -2.15. The average Bonchev–Trinajstić information content (AvgIpc) is 3.13. The molecule has 2 fully saturated rings. The summed E-state index contributed by atoms with van der Waals surface area (Å²) >= 11 is 1.36. The van der Waals surface area contributed by atoms with Crippen molar-refractivity contribution in [1.82, 2.24) is 20.2 Å². The molecule has 0 spiro atoms. The molecule has 1 aromatic heterocycles. The Labute approximate surface area is 150 Å². The van der Waals surface area contributed by atoms with E-state index in [0.717, 1.165) is 37.1 Å². The summed E-state index contributed by atoms with van der Waals surface area (Å²) in [5, 5.41) is 15.3. The molecule has 7 nitrogen and oxygen atoms in total. The monoisotopic (exact) mass is 359 g/mol. The first-order chi connectivity index (χ1) is 12.3. The van der Waals surface area contributed by atoms with Crippen LogP contribution in [0.5, 0.6) is 5.75 Å². The van der Waals surface area contributed by atoms with Crippen molar-refractivity contribution in [3.05, 3.63) is 24.3 Å². The van der Waals surface area contributed by atoms with Crippen molar-refractivity contribution in [2.45, 2.75) is 55.8 Å². The van der Waals surface area contributed by atoms with Gasteiger partial charge < -0.3 is 10.1 Å². The number of nitrogens with zero attached hydrogens (tertiary/aromatic N) is 4. The van der Waals surface area contributed by atoms with E-state index in [0.29, 0.717) is 17.3 Å². The molecular weight excluding hydrogens is 338 g/mol. The van der Waals surface area contributed by atoms with E-state index < -0.39 is 0 Å². The molecule has 4 rings (SSSR count). The lowest BCUT2D eigenvalue weighted by atomic mass is 10.2. The zero-order valence-corrected chi connectivity index (χ0v) is 14.7. The molecule has 0 bridgehead atoms. The molecule has 0 atom stereocenters. The Kier molecular flexibility index (Phi) is 4.87. The summed E-state index contributed by atoms with van der Waals surface area (Å²) in [6.45, 7) is 0. The minimum absolute atomic E-state index is 0.0696. The van der Waals surface area contributed by atoms with Gasteiger partial charge in [0.1, 0.15) is 5.75 Å². The third-order valence-electron chi connectivity index (χ3n) is 4.43. The highest BCUT2D eigenvalue weighted by molar-refractivity contribution is 7.99. The number of amides is 1. The Balaban J connectivity index is 1.26. The second kappa shape index (κ2) is 7.43. The van der Waals surface area contributed by atoms with Crippen molar-refractivity contribution < 1.29 is 9.53 Å². The Morgan fingerprint density at radius 2 is 1.96 bits per heavy atom. The fourth-order valence-electron chi connectivity index (χ4n) is 2.97. The van der Waals surface area contributed by atoms with Gasteiger partial charge in [-0.2, -0.15) is 0 Å². The zero-order valence-electron chi connectivity index (χ0n) is 13.9. The van der Waals surface area contributed by atoms with Crippen molar-refractivity contribution in [2.24, 2.45) is 0 Å². The van der Waals surface area contributed by atoms with Crippen molar-refractivity contribution in [3.63, 3.8) is 0 Å². The van der Waals surface area contributed by atoms with Crippen LogP contribution in [0.15, 0.2) is 29.4 Å². The minimum atomic E-state index is -0.0696. The van der Waals surface area contributed by atoms with Crippen LogP contribution >= 0.6 is 11.8 Å². The summed E-state index contributed by atoms with van der Waals surface area (Å²) in [6.07, 6.45) is 7.34. The van der Waals surface area contributed by atoms with Crippen LogP contribution < -0.4 is 10.1 Å². The van der Waals surface area contributed by atoms with Crippen LogP contribution in [0.25, 0.3) is 0 Å². The molecule has 2 saturated carbocycles. The smallest absolute Gasteiger partial charge is 0.234 e. The van der Waals surface area contributed by atoms with Crippen LogP contribution in [0.4, 0.5) is 5.69 Å². The SMILES string of the molecule is O=C(CSc1nnnn1C1CC1)Nc1ccc(OC2CCCC2)cc1. The number of thioether (sulfide) groups is 1. The van der Waals surface area contributed by atoms with Gasteiger partial charge >= 0.3 is 0 Å². The molecule has 1 aromatic carbocycles. The molecule has 2 aliphatic rings. The topological polar surface area (TPSA) is 81.9 Å². The van der Waals surface area contributed by atoms with Crippen molar-refractivity contribution in [1.29, 1.82) is 0 Å². The van der Waals surface area contributed by atoms with Gasteiger partial charge in [-0.05, 0) is 73.2 Å². The van der Waals surface area contributed by atoms with Crippen molar-refractivity contribution in [2.75, 3.05) is 11.1 Å². The zero-order chi connectivity index (χ0) is 17.1. The van der Waals surface area contributed by atoms with Crippen LogP contribution in [0.2, 0.25) is 0 Å². The fraction of sp³-hybridized carbons (Fsp3) is 0.529. The minimum Gasteiger partial charge on any atom is -0.490 e. The second-order valence-electron chi connectivity index (χ2n) is 6.52. The van der Waals surface area contributed by atoms with E-state index in [4.69, 9.17) is 4.74 Å². The van der Waals surface area contributed by atoms with Crippen LogP contribution in [-0.2, 0) is 4.79 Å². The standard InChI is InChI=1S/C17H21N5O2S/c23-16(11-25-17-19-20-21-22(17)13-7-8-13)18-12-5-9-15(10-6-12)24-14-3-1-2-4-14/h5-6,9-10,13-14H,1-4,7-8,11H2,(H,18,23). The van der Waals surface area contributed by atoms with E-state index in [1.54, 1.807) is 0 Å². The molecule has 0 aliphatic heterocycles. The summed E-state index contributed by atoms with van der Waals surface area (Å²) in [5.74, 6) is 1.08. The molecular formula is C17H21N5O2S. The maximum Gasteiger partial charge on any atom is 0.234 e. The first-order valence-electron chi connectivity index (χ1n) is 8.75. The van der Waals surface area contributed by atoms with Gasteiger partial charge in [-0.1, -0.05) is 11.8 Å². The highest BCUT2D eigenvalue weighted by Gasteiger charge is 2.28. The predicted molar refractivity (Wildman–Crippen MR) is 94.8 cm³/mol. The first kappa shape index (κ1) is 16.4. The Morgan fingerprint density at radius 1 is 1.20 bits per heavy atom. The quantitative estimate of drug-likeness (QED) is 0.765. The number of tetrazole rings is 1. The highest BCUT2D eigenvalue weighted by atomic mass is 32.2. The third kappa shape index (κ3) is 4.31. The number of nitrogens with one attached hydrogen (secondary N) is 1. The van der Waals surface area contributed by atoms with E-state index in [9.17, 15) is 4.79 Å². The fourth-order valence-corrected chi connectivity index (χ4v) is 3.72. The molecule has 1 amide bonds. The molecule has 2 aliphatic carbocycles. The number of anilines is 1. The van der Waals surface area contributed by atoms with Gasteiger partial charge in [-0.3, -0.25) is 4.79 Å². The third-order valence-corrected chi connectivity index (χ3v) is 5.36. The molecule has 25 heavy (non-hydrogen) atoms. The molecule has 1 heterocycles. The van der Waals surface area contributed by atoms with Gasteiger partial charge in [0.25, 0.3) is 0 Å². The maximum absolute atomic E-state index is 12.1. The van der Waals surface area contributed by atoms with E-state index >= 15 is 0 Å². The van der Waals surface area contributed by atoms with Gasteiger partial charge in [0, 0.05) is 5.69 Å². The number of carbonyl (C=O) groups is 1. The Morgan fingerprint density at radius 3 is 2.68 bits per heavy atom. The summed E-state index contributed by atoms with van der Waals surface area (Å²) < 4.78 is 7.74. The first-order valence-corrected chi connectivity index (χ1v) is 9.74. The largest absolute Gasteiger partial charge is 0.490 e. The molecule has 132 valence electrons. The lowest BCUT2D eigenvalue weighted by Gasteiger charge is -2.13. The number of hydrogen-bond donors (Lipinski definition) is 1. The van der Waals surface area contributed by atoms with Crippen molar-refractivity contribution in [3.8, 4) is 5.75 Å². The molecule has 1 N–H and O–H groups in total. The predicted octanol–water partition coefficient (Wildman–Crippen LogP) is 3.06. The molecule has 0 unspecified atom stereocenters. The van der Waals surface area contributed by atoms with Crippen LogP contribution in [0.1, 0.15) is 44.6 Å².